The summed E-state index contributed by atoms with van der Waals surface area (Å²) in [6.07, 6.45) is 4.87. The van der Waals surface area contributed by atoms with E-state index in [2.05, 4.69) is 0 Å². The molecule has 0 saturated heterocycles. The topological polar surface area (TPSA) is 17.1 Å². The standard InChI is InChI=1S/C15H16ClFO/c16-12-3-4-14(17)11(7-12)8-15(18)13-6-9-1-2-10(13)5-9/h3-4,7,9-10,13H,1-2,5-6,8H2. The van der Waals surface area contributed by atoms with Gasteiger partial charge in [0.2, 0.25) is 0 Å². The fraction of sp³-hybridized carbons (Fsp3) is 0.533. The van der Waals surface area contributed by atoms with Crippen LogP contribution in [-0.4, -0.2) is 5.78 Å². The Kier molecular flexibility index (Phi) is 3.14. The van der Waals surface area contributed by atoms with Crippen LogP contribution in [0.2, 0.25) is 5.02 Å². The molecule has 0 radical (unpaired) electrons. The van der Waals surface area contributed by atoms with Gasteiger partial charge in [0.15, 0.2) is 0 Å². The average Bonchev–Trinajstić information content (AvgIpc) is 2.96. The largest absolute Gasteiger partial charge is 0.299 e. The summed E-state index contributed by atoms with van der Waals surface area (Å²) in [7, 11) is 0. The highest BCUT2D eigenvalue weighted by Crippen LogP contribution is 2.48. The molecule has 18 heavy (non-hydrogen) atoms. The number of fused-ring (bicyclic) bond motifs is 2. The van der Waals surface area contributed by atoms with E-state index in [1.165, 1.54) is 31.4 Å². The number of rotatable bonds is 3. The lowest BCUT2D eigenvalue weighted by Crippen LogP contribution is -2.22. The number of carbonyl (C=O) groups is 1. The number of halogens is 2. The third-order valence-electron chi connectivity index (χ3n) is 4.52. The second-order valence-corrected chi connectivity index (χ2v) is 6.10. The van der Waals surface area contributed by atoms with Crippen LogP contribution in [0.3, 0.4) is 0 Å². The zero-order valence-corrected chi connectivity index (χ0v) is 10.9. The smallest absolute Gasteiger partial charge is 0.140 e. The minimum absolute atomic E-state index is 0.169. The van der Waals surface area contributed by atoms with E-state index >= 15 is 0 Å². The van der Waals surface area contributed by atoms with Crippen LogP contribution in [0, 0.1) is 23.6 Å². The van der Waals surface area contributed by atoms with Gasteiger partial charge in [-0.25, -0.2) is 4.39 Å². The van der Waals surface area contributed by atoms with Gasteiger partial charge in [-0.05, 0) is 54.9 Å². The number of hydrogen-bond donors (Lipinski definition) is 0. The van der Waals surface area contributed by atoms with E-state index in [0.29, 0.717) is 16.5 Å². The molecule has 96 valence electrons. The molecule has 1 aromatic carbocycles. The van der Waals surface area contributed by atoms with Crippen LogP contribution >= 0.6 is 11.6 Å². The minimum atomic E-state index is -0.323. The van der Waals surface area contributed by atoms with Gasteiger partial charge < -0.3 is 0 Å². The summed E-state index contributed by atoms with van der Waals surface area (Å²) in [5.41, 5.74) is 0.440. The van der Waals surface area contributed by atoms with Gasteiger partial charge >= 0.3 is 0 Å². The van der Waals surface area contributed by atoms with Gasteiger partial charge in [-0.15, -0.1) is 0 Å². The van der Waals surface area contributed by atoms with Crippen molar-refractivity contribution in [3.8, 4) is 0 Å². The third-order valence-corrected chi connectivity index (χ3v) is 4.76. The number of Topliss-reactive ketones (excluding diaryl/α,β-unsaturated/α-hetero) is 1. The maximum atomic E-state index is 13.6. The molecule has 2 bridgehead atoms. The molecule has 2 saturated carbocycles. The SMILES string of the molecule is O=C(Cc1cc(Cl)ccc1F)C1CC2CCC1C2. The molecular weight excluding hydrogens is 251 g/mol. The van der Waals surface area contributed by atoms with Crippen molar-refractivity contribution in [2.45, 2.75) is 32.1 Å². The van der Waals surface area contributed by atoms with E-state index in [0.717, 1.165) is 12.3 Å². The van der Waals surface area contributed by atoms with Crippen LogP contribution in [0.1, 0.15) is 31.2 Å². The van der Waals surface area contributed by atoms with Gasteiger partial charge in [0.05, 0.1) is 0 Å². The summed E-state index contributed by atoms with van der Waals surface area (Å²) in [5.74, 6) is 1.35. The van der Waals surface area contributed by atoms with Gasteiger partial charge in [0.1, 0.15) is 11.6 Å². The molecule has 2 aliphatic carbocycles. The van der Waals surface area contributed by atoms with E-state index in [4.69, 9.17) is 11.6 Å². The first kappa shape index (κ1) is 12.2. The molecular formula is C15H16ClFO. The Hall–Kier alpha value is -0.890. The third kappa shape index (κ3) is 2.18. The van der Waals surface area contributed by atoms with Crippen LogP contribution < -0.4 is 0 Å². The van der Waals surface area contributed by atoms with Crippen molar-refractivity contribution in [3.05, 3.63) is 34.6 Å². The Morgan fingerprint density at radius 2 is 2.17 bits per heavy atom. The number of benzene rings is 1. The Morgan fingerprint density at radius 3 is 2.83 bits per heavy atom. The summed E-state index contributed by atoms with van der Waals surface area (Å²) >= 11 is 5.84. The van der Waals surface area contributed by atoms with Gasteiger partial charge in [0, 0.05) is 17.4 Å². The summed E-state index contributed by atoms with van der Waals surface area (Å²) in [6, 6.07) is 4.43. The van der Waals surface area contributed by atoms with E-state index < -0.39 is 0 Å². The van der Waals surface area contributed by atoms with Gasteiger partial charge in [-0.1, -0.05) is 18.0 Å². The second kappa shape index (κ2) is 4.65. The molecule has 0 amide bonds. The van der Waals surface area contributed by atoms with Crippen LogP contribution in [-0.2, 0) is 11.2 Å². The summed E-state index contributed by atoms with van der Waals surface area (Å²) in [5, 5.41) is 0.493. The molecule has 0 spiro atoms. The van der Waals surface area contributed by atoms with E-state index in [-0.39, 0.29) is 23.9 Å². The van der Waals surface area contributed by atoms with Crippen LogP contribution in [0.5, 0.6) is 0 Å². The monoisotopic (exact) mass is 266 g/mol. The van der Waals surface area contributed by atoms with E-state index in [1.54, 1.807) is 6.07 Å². The predicted octanol–water partition coefficient (Wildman–Crippen LogP) is 4.03. The zero-order chi connectivity index (χ0) is 12.7. The molecule has 0 aliphatic heterocycles. The number of hydrogen-bond acceptors (Lipinski definition) is 1. The summed E-state index contributed by atoms with van der Waals surface area (Å²) < 4.78 is 13.6. The van der Waals surface area contributed by atoms with Crippen LogP contribution in [0.15, 0.2) is 18.2 Å². The normalized spacial score (nSPS) is 29.8. The lowest BCUT2D eigenvalue weighted by atomic mass is 9.83. The number of carbonyl (C=O) groups excluding carboxylic acids is 1. The molecule has 3 heteroatoms. The van der Waals surface area contributed by atoms with Gasteiger partial charge in [0.25, 0.3) is 0 Å². The lowest BCUT2D eigenvalue weighted by molar-refractivity contribution is -0.123. The van der Waals surface area contributed by atoms with Crippen LogP contribution in [0.25, 0.3) is 0 Å². The van der Waals surface area contributed by atoms with Crippen molar-refractivity contribution in [2.75, 3.05) is 0 Å². The quantitative estimate of drug-likeness (QED) is 0.807. The molecule has 1 aromatic rings. The predicted molar refractivity (Wildman–Crippen MR) is 69.1 cm³/mol. The fourth-order valence-corrected chi connectivity index (χ4v) is 3.83. The summed E-state index contributed by atoms with van der Waals surface area (Å²) in [6.45, 7) is 0. The van der Waals surface area contributed by atoms with Crippen molar-refractivity contribution in [1.82, 2.24) is 0 Å². The maximum Gasteiger partial charge on any atom is 0.140 e. The highest BCUT2D eigenvalue weighted by molar-refractivity contribution is 6.30. The minimum Gasteiger partial charge on any atom is -0.299 e. The first-order valence-corrected chi connectivity index (χ1v) is 6.98. The first-order chi connectivity index (χ1) is 8.63. The van der Waals surface area contributed by atoms with Crippen LogP contribution in [0.4, 0.5) is 4.39 Å². The van der Waals surface area contributed by atoms with Gasteiger partial charge in [-0.3, -0.25) is 4.79 Å². The number of ketones is 1. The highest BCUT2D eigenvalue weighted by atomic mass is 35.5. The highest BCUT2D eigenvalue weighted by Gasteiger charge is 2.42. The maximum absolute atomic E-state index is 13.6. The van der Waals surface area contributed by atoms with Crippen molar-refractivity contribution >= 4 is 17.4 Å². The molecule has 0 aromatic heterocycles. The van der Waals surface area contributed by atoms with Crippen molar-refractivity contribution in [3.63, 3.8) is 0 Å². The molecule has 2 fully saturated rings. The average molecular weight is 267 g/mol. The Bertz CT molecular complexity index is 485. The lowest BCUT2D eigenvalue weighted by Gasteiger charge is -2.20. The first-order valence-electron chi connectivity index (χ1n) is 6.60. The zero-order valence-electron chi connectivity index (χ0n) is 10.2. The van der Waals surface area contributed by atoms with Crippen molar-refractivity contribution in [1.29, 1.82) is 0 Å². The molecule has 3 atom stereocenters. The molecule has 3 unspecified atom stereocenters. The fourth-order valence-electron chi connectivity index (χ4n) is 3.64. The Morgan fingerprint density at radius 1 is 1.33 bits per heavy atom. The molecule has 0 N–H and O–H groups in total. The van der Waals surface area contributed by atoms with E-state index in [9.17, 15) is 9.18 Å². The second-order valence-electron chi connectivity index (χ2n) is 5.66. The van der Waals surface area contributed by atoms with Gasteiger partial charge in [-0.2, -0.15) is 0 Å². The Balaban J connectivity index is 1.72. The molecule has 2 aliphatic rings. The Labute approximate surface area is 111 Å². The summed E-state index contributed by atoms with van der Waals surface area (Å²) in [4.78, 5) is 12.3. The van der Waals surface area contributed by atoms with Crippen molar-refractivity contribution < 1.29 is 9.18 Å². The molecule has 0 heterocycles. The molecule has 3 rings (SSSR count). The molecule has 1 nitrogen and oxygen atoms in total. The van der Waals surface area contributed by atoms with E-state index in [1.807, 2.05) is 0 Å². The van der Waals surface area contributed by atoms with Crippen molar-refractivity contribution in [2.24, 2.45) is 17.8 Å².